The third-order valence-corrected chi connectivity index (χ3v) is 7.43. The van der Waals surface area contributed by atoms with Gasteiger partial charge in [0.25, 0.3) is 0 Å². The molecule has 1 aromatic rings. The van der Waals surface area contributed by atoms with E-state index in [9.17, 15) is 14.4 Å². The van der Waals surface area contributed by atoms with Crippen LogP contribution in [0.4, 0.5) is 0 Å². The molecule has 1 unspecified atom stereocenters. The van der Waals surface area contributed by atoms with Gasteiger partial charge in [0, 0.05) is 11.1 Å². The van der Waals surface area contributed by atoms with Gasteiger partial charge in [-0.2, -0.15) is 12.6 Å². The monoisotopic (exact) mass is 496 g/mol. The van der Waals surface area contributed by atoms with Gasteiger partial charge in [0.2, 0.25) is 11.8 Å². The van der Waals surface area contributed by atoms with E-state index in [1.54, 1.807) is 13.0 Å². The summed E-state index contributed by atoms with van der Waals surface area (Å²) in [5.41, 5.74) is -0.311. The number of ether oxygens (including phenoxy) is 1. The summed E-state index contributed by atoms with van der Waals surface area (Å²) in [5, 5.41) is 8.96. The van der Waals surface area contributed by atoms with Crippen LogP contribution in [0.3, 0.4) is 0 Å². The molecule has 0 radical (unpaired) electrons. The Kier molecular flexibility index (Phi) is 8.40. The Morgan fingerprint density at radius 1 is 1.38 bits per heavy atom. The molecule has 2 aliphatic heterocycles. The Bertz CT molecular complexity index is 930. The molecule has 0 aromatic carbocycles. The van der Waals surface area contributed by atoms with Crippen LogP contribution in [0.25, 0.3) is 0 Å². The number of nitrogens with one attached hydrogen (secondary N) is 2. The summed E-state index contributed by atoms with van der Waals surface area (Å²) in [4.78, 5) is 47.8. The van der Waals surface area contributed by atoms with E-state index in [4.69, 9.17) is 4.74 Å². The minimum Gasteiger partial charge on any atom is -0.456 e. The minimum absolute atomic E-state index is 0.0217. The number of esters is 1. The number of hydrogen-bond acceptors (Lipinski definition) is 9. The van der Waals surface area contributed by atoms with E-state index in [0.29, 0.717) is 28.7 Å². The van der Waals surface area contributed by atoms with E-state index < -0.39 is 23.7 Å². The van der Waals surface area contributed by atoms with Crippen molar-refractivity contribution < 1.29 is 19.1 Å². The third kappa shape index (κ3) is 6.14. The summed E-state index contributed by atoms with van der Waals surface area (Å²) in [6.45, 7) is 5.69. The van der Waals surface area contributed by atoms with E-state index in [2.05, 4.69) is 33.2 Å². The van der Waals surface area contributed by atoms with Crippen molar-refractivity contribution in [3.63, 3.8) is 0 Å². The fourth-order valence-electron chi connectivity index (χ4n) is 3.15. The van der Waals surface area contributed by atoms with Crippen molar-refractivity contribution >= 4 is 58.6 Å². The number of rotatable bonds is 4. The predicted molar refractivity (Wildman–Crippen MR) is 130 cm³/mol. The summed E-state index contributed by atoms with van der Waals surface area (Å²) in [7, 11) is 0. The molecular formula is C21H28N4O4S3. The molecule has 4 bridgehead atoms. The van der Waals surface area contributed by atoms with Crippen molar-refractivity contribution in [2.75, 3.05) is 11.5 Å². The number of carbonyl (C=O) groups excluding carboxylic acids is 3. The number of thiol groups is 1. The molecule has 11 heteroatoms. The van der Waals surface area contributed by atoms with Crippen molar-refractivity contribution in [1.29, 1.82) is 0 Å². The second-order valence-electron chi connectivity index (χ2n) is 8.20. The van der Waals surface area contributed by atoms with E-state index in [-0.39, 0.29) is 30.7 Å². The quantitative estimate of drug-likeness (QED) is 0.335. The molecule has 32 heavy (non-hydrogen) atoms. The molecule has 3 heterocycles. The first-order valence-electron chi connectivity index (χ1n) is 10.4. The van der Waals surface area contributed by atoms with Gasteiger partial charge < -0.3 is 15.4 Å². The fraction of sp³-hybridized carbons (Fsp3) is 0.571. The van der Waals surface area contributed by atoms with Gasteiger partial charge in [-0.25, -0.2) is 9.78 Å². The molecule has 0 saturated heterocycles. The first-order chi connectivity index (χ1) is 15.2. The van der Waals surface area contributed by atoms with Gasteiger partial charge in [-0.3, -0.25) is 14.6 Å². The average Bonchev–Trinajstić information content (AvgIpc) is 3.37. The SMILES string of the molecule is CC(C)[C@@H]1NC(=O)[C@]2(C)CSC(=N2)c2csc(n2)CNC(=O)CC(/C=C/CCS)OC1=O. The van der Waals surface area contributed by atoms with Crippen LogP contribution in [0.2, 0.25) is 0 Å². The number of aromatic nitrogens is 1. The summed E-state index contributed by atoms with van der Waals surface area (Å²) in [6.07, 6.45) is 3.44. The molecule has 3 rings (SSSR count). The Morgan fingerprint density at radius 2 is 2.16 bits per heavy atom. The van der Waals surface area contributed by atoms with Crippen molar-refractivity contribution in [2.45, 2.75) is 57.8 Å². The van der Waals surface area contributed by atoms with Crippen molar-refractivity contribution in [1.82, 2.24) is 15.6 Å². The lowest BCUT2D eigenvalue weighted by molar-refractivity contribution is -0.153. The number of cyclic esters (lactones) is 1. The van der Waals surface area contributed by atoms with Crippen LogP contribution in [0.1, 0.15) is 44.3 Å². The molecule has 1 aromatic heterocycles. The molecule has 0 spiro atoms. The Hall–Kier alpha value is -1.85. The van der Waals surface area contributed by atoms with Gasteiger partial charge in [0.15, 0.2) is 0 Å². The molecule has 2 N–H and O–H groups in total. The van der Waals surface area contributed by atoms with E-state index in [1.165, 1.54) is 23.1 Å². The van der Waals surface area contributed by atoms with Gasteiger partial charge in [0.05, 0.1) is 13.0 Å². The van der Waals surface area contributed by atoms with Gasteiger partial charge in [-0.05, 0) is 31.1 Å². The van der Waals surface area contributed by atoms with E-state index in [1.807, 2.05) is 25.3 Å². The molecule has 3 atom stereocenters. The Morgan fingerprint density at radius 3 is 2.88 bits per heavy atom. The first-order valence-corrected chi connectivity index (χ1v) is 12.9. The Labute approximate surface area is 201 Å². The van der Waals surface area contributed by atoms with Gasteiger partial charge in [-0.1, -0.05) is 19.9 Å². The minimum atomic E-state index is -1.01. The number of allylic oxidation sites excluding steroid dienone is 1. The highest BCUT2D eigenvalue weighted by Crippen LogP contribution is 2.32. The summed E-state index contributed by atoms with van der Waals surface area (Å²) >= 11 is 7.06. The predicted octanol–water partition coefficient (Wildman–Crippen LogP) is 2.34. The van der Waals surface area contributed by atoms with Crippen LogP contribution in [0, 0.1) is 5.92 Å². The fourth-order valence-corrected chi connectivity index (χ4v) is 5.23. The first kappa shape index (κ1) is 24.8. The molecule has 0 saturated carbocycles. The molecule has 2 aliphatic rings. The molecule has 0 fully saturated rings. The maximum atomic E-state index is 13.1. The Balaban J connectivity index is 1.92. The number of thiazole rings is 1. The zero-order valence-corrected chi connectivity index (χ0v) is 20.8. The number of nitrogens with zero attached hydrogens (tertiary/aromatic N) is 2. The molecule has 174 valence electrons. The van der Waals surface area contributed by atoms with Crippen LogP contribution in [-0.4, -0.2) is 57.0 Å². The van der Waals surface area contributed by atoms with Crippen LogP contribution < -0.4 is 10.6 Å². The van der Waals surface area contributed by atoms with E-state index in [0.717, 1.165) is 5.01 Å². The maximum absolute atomic E-state index is 13.1. The lowest BCUT2D eigenvalue weighted by Gasteiger charge is -2.27. The van der Waals surface area contributed by atoms with Crippen LogP contribution in [0.5, 0.6) is 0 Å². The molecule has 0 aliphatic carbocycles. The van der Waals surface area contributed by atoms with Gasteiger partial charge >= 0.3 is 5.97 Å². The zero-order chi connectivity index (χ0) is 23.3. The summed E-state index contributed by atoms with van der Waals surface area (Å²) in [5.74, 6) is -0.282. The van der Waals surface area contributed by atoms with Gasteiger partial charge in [0.1, 0.15) is 33.4 Å². The summed E-state index contributed by atoms with van der Waals surface area (Å²) in [6, 6.07) is -0.855. The highest BCUT2D eigenvalue weighted by Gasteiger charge is 2.41. The molecule has 2 amide bonds. The number of carbonyl (C=O) groups is 3. The smallest absolute Gasteiger partial charge is 0.329 e. The lowest BCUT2D eigenvalue weighted by Crippen LogP contribution is -2.53. The molecular weight excluding hydrogens is 468 g/mol. The largest absolute Gasteiger partial charge is 0.456 e. The van der Waals surface area contributed by atoms with Crippen LogP contribution in [-0.2, 0) is 25.7 Å². The lowest BCUT2D eigenvalue weighted by atomic mass is 10.0. The topological polar surface area (TPSA) is 110 Å². The van der Waals surface area contributed by atoms with E-state index >= 15 is 0 Å². The number of aliphatic imine (C=N–C) groups is 1. The highest BCUT2D eigenvalue weighted by atomic mass is 32.2. The number of thioether (sulfide) groups is 1. The number of fused-ring (bicyclic) bond motifs is 4. The van der Waals surface area contributed by atoms with Crippen LogP contribution >= 0.6 is 35.7 Å². The van der Waals surface area contributed by atoms with Crippen molar-refractivity contribution in [3.8, 4) is 0 Å². The highest BCUT2D eigenvalue weighted by molar-refractivity contribution is 8.14. The maximum Gasteiger partial charge on any atom is 0.329 e. The summed E-state index contributed by atoms with van der Waals surface area (Å²) < 4.78 is 5.65. The average molecular weight is 497 g/mol. The standard InChI is InChI=1S/C21H28N4O4S3/c1-12(2)17-19(27)29-13(6-4-5-7-30)8-15(26)22-9-16-23-14(10-31-16)18-25-21(3,11-32-18)20(28)24-17/h4,6,10,12-13,17,30H,5,7-9,11H2,1-3H3,(H,22,26)(H,24,28)/b6-4+/t13?,17-,21-/m0/s1. The number of hydrogen-bond donors (Lipinski definition) is 3. The van der Waals surface area contributed by atoms with Gasteiger partial charge in [-0.15, -0.1) is 23.1 Å². The van der Waals surface area contributed by atoms with Crippen molar-refractivity contribution in [3.05, 3.63) is 28.2 Å². The third-order valence-electron chi connectivity index (χ3n) is 5.04. The number of amides is 2. The van der Waals surface area contributed by atoms with Crippen molar-refractivity contribution in [2.24, 2.45) is 10.9 Å². The second-order valence-corrected chi connectivity index (χ2v) is 10.6. The molecule has 8 nitrogen and oxygen atoms in total. The van der Waals surface area contributed by atoms with Crippen LogP contribution in [0.15, 0.2) is 22.5 Å². The zero-order valence-electron chi connectivity index (χ0n) is 18.3. The second kappa shape index (κ2) is 10.8. The normalized spacial score (nSPS) is 27.3.